The maximum absolute atomic E-state index is 13.9. The number of amidine groups is 1. The Bertz CT molecular complexity index is 1310. The predicted octanol–water partition coefficient (Wildman–Crippen LogP) is 3.15. The van der Waals surface area contributed by atoms with Gasteiger partial charge in [-0.3, -0.25) is 14.7 Å². The average molecular weight is 530 g/mol. The number of rotatable bonds is 5. The average Bonchev–Trinajstić information content (AvgIpc) is 3.20. The highest BCUT2D eigenvalue weighted by molar-refractivity contribution is 7.11. The van der Waals surface area contributed by atoms with Crippen molar-refractivity contribution in [3.05, 3.63) is 62.5 Å². The Morgan fingerprint density at radius 2 is 2.19 bits per heavy atom. The third kappa shape index (κ3) is 3.57. The molecule has 2 aromatic rings. The Morgan fingerprint density at radius 3 is 2.83 bits per heavy atom. The summed E-state index contributed by atoms with van der Waals surface area (Å²) >= 11 is 7.87. The minimum absolute atomic E-state index is 0.0702. The second kappa shape index (κ2) is 8.64. The predicted molar refractivity (Wildman–Crippen MR) is 133 cm³/mol. The highest BCUT2D eigenvalue weighted by atomic mass is 35.5. The van der Waals surface area contributed by atoms with E-state index in [1.165, 1.54) is 30.6 Å². The smallest absolute Gasteiger partial charge is 0.338 e. The van der Waals surface area contributed by atoms with E-state index in [1.54, 1.807) is 19.2 Å². The number of esters is 1. The summed E-state index contributed by atoms with van der Waals surface area (Å²) in [5.41, 5.74) is 1.58. The van der Waals surface area contributed by atoms with Gasteiger partial charge in [0.1, 0.15) is 11.9 Å². The van der Waals surface area contributed by atoms with Gasteiger partial charge in [-0.1, -0.05) is 17.7 Å². The van der Waals surface area contributed by atoms with Gasteiger partial charge in [0.05, 0.1) is 12.7 Å². The van der Waals surface area contributed by atoms with Crippen LogP contribution < -0.4 is 5.32 Å². The van der Waals surface area contributed by atoms with E-state index >= 15 is 0 Å². The number of ether oxygens (including phenoxy) is 1. The number of benzene rings is 1. The molecule has 1 aliphatic carbocycles. The van der Waals surface area contributed by atoms with E-state index < -0.39 is 17.8 Å². The molecule has 1 saturated carbocycles. The molecule has 1 aromatic heterocycles. The molecule has 11 heteroatoms. The number of carbonyl (C=O) groups excluding carboxylic acids is 2. The number of likely N-dealkylation sites (tertiary alicyclic amines) is 1. The first-order valence-electron chi connectivity index (χ1n) is 11.9. The maximum atomic E-state index is 13.9. The number of carbonyl (C=O) groups is 2. The second-order valence-electron chi connectivity index (χ2n) is 9.69. The summed E-state index contributed by atoms with van der Waals surface area (Å²) in [6.07, 6.45) is 3.86. The van der Waals surface area contributed by atoms with Gasteiger partial charge in [0, 0.05) is 66.0 Å². The van der Waals surface area contributed by atoms with Crippen molar-refractivity contribution in [2.24, 2.45) is 10.9 Å². The van der Waals surface area contributed by atoms with Gasteiger partial charge in [-0.25, -0.2) is 14.2 Å². The molecule has 1 amide bonds. The maximum Gasteiger partial charge on any atom is 0.338 e. The number of nitrogens with zero attached hydrogens (tertiary/aromatic N) is 4. The van der Waals surface area contributed by atoms with Crippen LogP contribution in [0.15, 0.2) is 46.0 Å². The first-order valence-corrected chi connectivity index (χ1v) is 13.1. The molecule has 1 N–H and O–H groups in total. The first-order chi connectivity index (χ1) is 17.3. The molecule has 2 saturated heterocycles. The van der Waals surface area contributed by atoms with Crippen LogP contribution in [0.1, 0.15) is 36.4 Å². The number of methoxy groups -OCH3 is 1. The lowest BCUT2D eigenvalue weighted by Crippen LogP contribution is -2.53. The number of nitrogens with one attached hydrogen (secondary N) is 1. The number of hydrogen-bond acceptors (Lipinski definition) is 8. The van der Waals surface area contributed by atoms with E-state index in [4.69, 9.17) is 21.3 Å². The van der Waals surface area contributed by atoms with Gasteiger partial charge in [-0.15, -0.1) is 11.3 Å². The molecule has 3 aliphatic heterocycles. The van der Waals surface area contributed by atoms with E-state index in [0.717, 1.165) is 19.4 Å². The fraction of sp³-hybridized carbons (Fsp3) is 0.440. The van der Waals surface area contributed by atoms with Crippen molar-refractivity contribution in [3.63, 3.8) is 0 Å². The molecule has 5 atom stereocenters. The van der Waals surface area contributed by atoms with Crippen molar-refractivity contribution < 1.29 is 18.7 Å². The Morgan fingerprint density at radius 1 is 1.36 bits per heavy atom. The molecule has 4 aliphatic rings. The van der Waals surface area contributed by atoms with Crippen LogP contribution in [0, 0.1) is 11.7 Å². The summed E-state index contributed by atoms with van der Waals surface area (Å²) in [6.45, 7) is 3.55. The third-order valence-electron chi connectivity index (χ3n) is 8.05. The lowest BCUT2D eigenvalue weighted by atomic mass is 9.68. The van der Waals surface area contributed by atoms with Crippen LogP contribution in [0.2, 0.25) is 5.02 Å². The summed E-state index contributed by atoms with van der Waals surface area (Å²) in [7, 11) is 1.33. The van der Waals surface area contributed by atoms with E-state index in [9.17, 15) is 14.0 Å². The lowest BCUT2D eigenvalue weighted by Gasteiger charge is -2.44. The summed E-state index contributed by atoms with van der Waals surface area (Å²) in [5.74, 6) is 0.0553. The molecule has 0 radical (unpaired) electrons. The van der Waals surface area contributed by atoms with Gasteiger partial charge in [-0.05, 0) is 30.9 Å². The largest absolute Gasteiger partial charge is 0.466 e. The number of halogens is 2. The molecular weight excluding hydrogens is 505 g/mol. The van der Waals surface area contributed by atoms with Gasteiger partial charge in [-0.2, -0.15) is 0 Å². The third-order valence-corrected chi connectivity index (χ3v) is 9.16. The number of piperidine rings is 1. The van der Waals surface area contributed by atoms with E-state index in [0.29, 0.717) is 46.7 Å². The zero-order chi connectivity index (χ0) is 25.2. The van der Waals surface area contributed by atoms with Gasteiger partial charge in [0.2, 0.25) is 5.91 Å². The molecule has 8 nitrogen and oxygen atoms in total. The molecule has 36 heavy (non-hydrogen) atoms. The van der Waals surface area contributed by atoms with Crippen LogP contribution in [0.4, 0.5) is 4.39 Å². The van der Waals surface area contributed by atoms with Gasteiger partial charge >= 0.3 is 5.97 Å². The quantitative estimate of drug-likeness (QED) is 0.473. The molecule has 4 unspecified atom stereocenters. The van der Waals surface area contributed by atoms with Crippen LogP contribution in [-0.2, 0) is 14.3 Å². The Balaban J connectivity index is 1.41. The van der Waals surface area contributed by atoms with Crippen LogP contribution in [0.5, 0.6) is 0 Å². The zero-order valence-corrected chi connectivity index (χ0v) is 21.4. The number of aromatic nitrogens is 1. The monoisotopic (exact) mass is 529 g/mol. The standard InChI is InChI=1S/C25H25ClFN5O3S/c1-13(33)31-10-14-5-6-25(14)19(12-31)32(25)11-18-20(24(34)35-2)21(16-4-3-15(27)9-17(16)26)30-22(29-18)23-28-7-8-36-23/h3-4,7-9,14,19,21H,5-6,10-12H2,1-2H3,(H,29,30)/t14?,19?,21-,25?,32?/m0/s1. The fourth-order valence-electron chi connectivity index (χ4n) is 6.14. The molecule has 6 rings (SSSR count). The minimum atomic E-state index is -0.786. The molecule has 188 valence electrons. The zero-order valence-electron chi connectivity index (χ0n) is 19.8. The Kier molecular flexibility index (Phi) is 5.66. The molecule has 4 heterocycles. The normalized spacial score (nSPS) is 30.4. The molecular formula is C25H25ClFN5O3S. The van der Waals surface area contributed by atoms with Crippen molar-refractivity contribution in [2.75, 3.05) is 26.7 Å². The Labute approximate surface area is 216 Å². The van der Waals surface area contributed by atoms with Gasteiger partial charge in [0.25, 0.3) is 0 Å². The summed E-state index contributed by atoms with van der Waals surface area (Å²) in [6, 6.07) is 3.55. The number of hydrogen-bond donors (Lipinski definition) is 1. The number of thiazole rings is 1. The fourth-order valence-corrected chi connectivity index (χ4v) is 7.00. The number of amides is 1. The van der Waals surface area contributed by atoms with Crippen molar-refractivity contribution in [3.8, 4) is 0 Å². The van der Waals surface area contributed by atoms with Crippen LogP contribution in [0.3, 0.4) is 0 Å². The highest BCUT2D eigenvalue weighted by Gasteiger charge is 2.72. The topological polar surface area (TPSA) is 86.9 Å². The number of aliphatic imine (C=N–C) groups is 1. The Hall–Kier alpha value is -2.82. The molecule has 1 aromatic carbocycles. The van der Waals surface area contributed by atoms with Gasteiger partial charge in [0.15, 0.2) is 10.8 Å². The van der Waals surface area contributed by atoms with E-state index in [-0.39, 0.29) is 22.5 Å². The summed E-state index contributed by atoms with van der Waals surface area (Å²) in [5, 5.41) is 6.07. The molecule has 0 bridgehead atoms. The first kappa shape index (κ1) is 23.6. The lowest BCUT2D eigenvalue weighted by molar-refractivity contribution is -0.136. The van der Waals surface area contributed by atoms with Crippen molar-refractivity contribution in [1.29, 1.82) is 0 Å². The minimum Gasteiger partial charge on any atom is -0.466 e. The van der Waals surface area contributed by atoms with Crippen LogP contribution in [0.25, 0.3) is 0 Å². The van der Waals surface area contributed by atoms with Crippen molar-refractivity contribution in [2.45, 2.75) is 37.4 Å². The second-order valence-corrected chi connectivity index (χ2v) is 11.0. The van der Waals surface area contributed by atoms with Crippen LogP contribution in [-0.4, -0.2) is 70.8 Å². The van der Waals surface area contributed by atoms with Gasteiger partial charge < -0.3 is 15.0 Å². The van der Waals surface area contributed by atoms with Crippen LogP contribution >= 0.6 is 22.9 Å². The van der Waals surface area contributed by atoms with Crippen molar-refractivity contribution in [1.82, 2.24) is 20.1 Å². The summed E-state index contributed by atoms with van der Waals surface area (Å²) in [4.78, 5) is 38.8. The van der Waals surface area contributed by atoms with E-state index in [2.05, 4.69) is 15.2 Å². The SMILES string of the molecule is COC(=O)C1=C(CN2C3CN(C(C)=O)CC4CCC432)NC(c2nccs2)=N[C@H]1c1ccc(F)cc1Cl. The summed E-state index contributed by atoms with van der Waals surface area (Å²) < 4.78 is 19.0. The highest BCUT2D eigenvalue weighted by Crippen LogP contribution is 2.61. The van der Waals surface area contributed by atoms with Crippen molar-refractivity contribution >= 4 is 40.6 Å². The molecule has 1 spiro atoms. The molecule has 3 fully saturated rings. The van der Waals surface area contributed by atoms with E-state index in [1.807, 2.05) is 10.3 Å².